The van der Waals surface area contributed by atoms with Crippen LogP contribution >= 0.6 is 11.3 Å². The molecule has 9 nitrogen and oxygen atoms in total. The Hall–Kier alpha value is -3.40. The Morgan fingerprint density at radius 2 is 2.00 bits per heavy atom. The van der Waals surface area contributed by atoms with Gasteiger partial charge >= 0.3 is 0 Å². The van der Waals surface area contributed by atoms with Gasteiger partial charge in [-0.3, -0.25) is 14.4 Å². The van der Waals surface area contributed by atoms with Crippen molar-refractivity contribution < 1.29 is 19.1 Å². The normalized spacial score (nSPS) is 13.4. The number of amides is 2. The van der Waals surface area contributed by atoms with E-state index in [4.69, 9.17) is 9.47 Å². The van der Waals surface area contributed by atoms with E-state index in [-0.39, 0.29) is 24.2 Å². The van der Waals surface area contributed by atoms with Gasteiger partial charge < -0.3 is 24.7 Å². The van der Waals surface area contributed by atoms with Gasteiger partial charge in [0.25, 0.3) is 5.91 Å². The number of carbonyl (C=O) groups excluding carboxylic acids is 2. The van der Waals surface area contributed by atoms with E-state index in [0.717, 1.165) is 0 Å². The zero-order valence-corrected chi connectivity index (χ0v) is 18.8. The summed E-state index contributed by atoms with van der Waals surface area (Å²) in [5, 5.41) is 8.02. The highest BCUT2D eigenvalue weighted by Crippen LogP contribution is 2.35. The van der Waals surface area contributed by atoms with Crippen molar-refractivity contribution in [3.8, 4) is 11.5 Å². The van der Waals surface area contributed by atoms with E-state index < -0.39 is 17.4 Å². The van der Waals surface area contributed by atoms with Crippen molar-refractivity contribution in [2.24, 2.45) is 5.92 Å². The fourth-order valence-electron chi connectivity index (χ4n) is 3.62. The smallest absolute Gasteiger partial charge is 0.257 e. The summed E-state index contributed by atoms with van der Waals surface area (Å²) >= 11 is 1.29. The quantitative estimate of drug-likeness (QED) is 0.565. The number of nitrogens with one attached hydrogen (secondary N) is 2. The molecule has 0 unspecified atom stereocenters. The van der Waals surface area contributed by atoms with Crippen LogP contribution in [0.1, 0.15) is 37.6 Å². The highest BCUT2D eigenvalue weighted by molar-refractivity contribution is 7.13. The van der Waals surface area contributed by atoms with Gasteiger partial charge in [-0.15, -0.1) is 11.3 Å². The molecule has 10 heteroatoms. The molecular weight excluding hydrogens is 432 g/mol. The number of nitrogens with zero attached hydrogens (tertiary/aromatic N) is 2. The van der Waals surface area contributed by atoms with Gasteiger partial charge in [0, 0.05) is 30.4 Å². The summed E-state index contributed by atoms with van der Waals surface area (Å²) in [6.45, 7) is 6.46. The average molecular weight is 457 g/mol. The van der Waals surface area contributed by atoms with E-state index in [9.17, 15) is 14.4 Å². The van der Waals surface area contributed by atoms with Gasteiger partial charge in [0.2, 0.25) is 18.1 Å². The molecule has 0 saturated carbocycles. The number of carbonyl (C=O) groups is 2. The van der Waals surface area contributed by atoms with Crippen molar-refractivity contribution >= 4 is 39.2 Å². The number of hydrogen-bond acceptors (Lipinski definition) is 7. The fraction of sp³-hybridized carbons (Fsp3) is 0.364. The predicted molar refractivity (Wildman–Crippen MR) is 121 cm³/mol. The molecule has 0 saturated heterocycles. The third kappa shape index (κ3) is 4.31. The lowest BCUT2D eigenvalue weighted by Gasteiger charge is -2.20. The van der Waals surface area contributed by atoms with Crippen molar-refractivity contribution in [3.05, 3.63) is 45.7 Å². The van der Waals surface area contributed by atoms with Crippen LogP contribution < -0.4 is 25.5 Å². The molecule has 3 aromatic rings. The largest absolute Gasteiger partial charge is 0.454 e. The van der Waals surface area contributed by atoms with E-state index in [1.54, 1.807) is 28.3 Å². The summed E-state index contributed by atoms with van der Waals surface area (Å²) in [5.41, 5.74) is 0.191. The third-order valence-electron chi connectivity index (χ3n) is 5.15. The van der Waals surface area contributed by atoms with Crippen LogP contribution in [0.15, 0.2) is 34.7 Å². The minimum atomic E-state index is -0.812. The highest BCUT2D eigenvalue weighted by atomic mass is 32.1. The Labute approximate surface area is 188 Å². The molecule has 0 radical (unpaired) electrons. The van der Waals surface area contributed by atoms with Crippen LogP contribution in [0.25, 0.3) is 10.9 Å². The summed E-state index contributed by atoms with van der Waals surface area (Å²) in [6, 6.07) is 2.53. The van der Waals surface area contributed by atoms with Crippen LogP contribution in [0.4, 0.5) is 5.13 Å². The Kier molecular flexibility index (Phi) is 6.13. The van der Waals surface area contributed by atoms with E-state index in [1.165, 1.54) is 17.5 Å². The second kappa shape index (κ2) is 8.99. The number of thiazole rings is 1. The third-order valence-corrected chi connectivity index (χ3v) is 5.84. The zero-order chi connectivity index (χ0) is 22.8. The van der Waals surface area contributed by atoms with Crippen molar-refractivity contribution in [1.29, 1.82) is 0 Å². The molecule has 3 heterocycles. The molecule has 2 aromatic heterocycles. The van der Waals surface area contributed by atoms with Crippen LogP contribution in [-0.4, -0.2) is 34.2 Å². The van der Waals surface area contributed by atoms with Gasteiger partial charge in [-0.2, -0.15) is 0 Å². The predicted octanol–water partition coefficient (Wildman–Crippen LogP) is 2.99. The van der Waals surface area contributed by atoms with Gasteiger partial charge in [-0.1, -0.05) is 13.8 Å². The average Bonchev–Trinajstić information content (AvgIpc) is 3.43. The number of anilines is 1. The first-order valence-electron chi connectivity index (χ1n) is 10.3. The minimum absolute atomic E-state index is 0.0333. The van der Waals surface area contributed by atoms with Gasteiger partial charge in [0.05, 0.1) is 10.9 Å². The lowest BCUT2D eigenvalue weighted by Crippen LogP contribution is -2.45. The monoisotopic (exact) mass is 456 g/mol. The first-order chi connectivity index (χ1) is 15.4. The van der Waals surface area contributed by atoms with E-state index in [2.05, 4.69) is 15.6 Å². The van der Waals surface area contributed by atoms with Crippen molar-refractivity contribution in [3.63, 3.8) is 0 Å². The topological polar surface area (TPSA) is 112 Å². The molecule has 0 bridgehead atoms. The van der Waals surface area contributed by atoms with Gasteiger partial charge in [-0.05, 0) is 25.3 Å². The second-order valence-corrected chi connectivity index (χ2v) is 8.76. The Morgan fingerprint density at radius 1 is 1.25 bits per heavy atom. The van der Waals surface area contributed by atoms with Crippen LogP contribution in [0.5, 0.6) is 11.5 Å². The lowest BCUT2D eigenvalue weighted by atomic mass is 10.0. The maximum absolute atomic E-state index is 13.2. The van der Waals surface area contributed by atoms with E-state index in [1.807, 2.05) is 20.8 Å². The highest BCUT2D eigenvalue weighted by Gasteiger charge is 2.26. The number of pyridine rings is 1. The van der Waals surface area contributed by atoms with Crippen molar-refractivity contribution in [2.75, 3.05) is 12.1 Å². The fourth-order valence-corrected chi connectivity index (χ4v) is 4.15. The van der Waals surface area contributed by atoms with Crippen molar-refractivity contribution in [1.82, 2.24) is 14.9 Å². The van der Waals surface area contributed by atoms with Gasteiger partial charge in [0.1, 0.15) is 11.6 Å². The molecule has 2 amide bonds. The standard InChI is InChI=1S/C22H24N4O5S/c1-4-26-10-14(19(27)13-8-17-18(9-16(13)26)31-11-30-17)20(28)24-15(7-12(2)3)21(29)25-22-23-5-6-32-22/h5-6,8-10,12,15H,4,7,11H2,1-3H3,(H,24,28)(H,23,25,29)/t15-/m1/s1. The number of benzene rings is 1. The zero-order valence-electron chi connectivity index (χ0n) is 18.0. The SMILES string of the molecule is CCn1cc(C(=O)N[C@H](CC(C)C)C(=O)Nc2nccs2)c(=O)c2cc3c(cc21)OCO3. The molecule has 0 fully saturated rings. The van der Waals surface area contributed by atoms with Crippen LogP contribution in [-0.2, 0) is 11.3 Å². The number of ether oxygens (including phenoxy) is 2. The van der Waals surface area contributed by atoms with Gasteiger partial charge in [0.15, 0.2) is 16.6 Å². The molecule has 0 spiro atoms. The molecule has 1 aromatic carbocycles. The molecule has 4 rings (SSSR count). The molecule has 1 aliphatic rings. The molecular formula is C22H24N4O5S. The van der Waals surface area contributed by atoms with Gasteiger partial charge in [-0.25, -0.2) is 4.98 Å². The molecule has 168 valence electrons. The maximum Gasteiger partial charge on any atom is 0.257 e. The Morgan fingerprint density at radius 3 is 2.66 bits per heavy atom. The molecule has 2 N–H and O–H groups in total. The maximum atomic E-state index is 13.2. The summed E-state index contributed by atoms with van der Waals surface area (Å²) in [7, 11) is 0. The summed E-state index contributed by atoms with van der Waals surface area (Å²) in [5.74, 6) is 0.201. The summed E-state index contributed by atoms with van der Waals surface area (Å²) < 4.78 is 12.6. The minimum Gasteiger partial charge on any atom is -0.454 e. The first kappa shape index (κ1) is 21.8. The van der Waals surface area contributed by atoms with Crippen LogP contribution in [0, 0.1) is 5.92 Å². The molecule has 1 atom stereocenters. The second-order valence-electron chi connectivity index (χ2n) is 7.86. The molecule has 1 aliphatic heterocycles. The first-order valence-corrected chi connectivity index (χ1v) is 11.2. The number of rotatable bonds is 7. The molecule has 0 aliphatic carbocycles. The van der Waals surface area contributed by atoms with Crippen LogP contribution in [0.3, 0.4) is 0 Å². The van der Waals surface area contributed by atoms with E-state index >= 15 is 0 Å². The lowest BCUT2D eigenvalue weighted by molar-refractivity contribution is -0.118. The molecule has 32 heavy (non-hydrogen) atoms. The van der Waals surface area contributed by atoms with Crippen molar-refractivity contribution in [2.45, 2.75) is 39.8 Å². The number of aromatic nitrogens is 2. The number of hydrogen-bond donors (Lipinski definition) is 2. The van der Waals surface area contributed by atoms with E-state index in [0.29, 0.717) is 40.5 Å². The number of fused-ring (bicyclic) bond motifs is 2. The Balaban J connectivity index is 1.66. The van der Waals surface area contributed by atoms with Crippen LogP contribution in [0.2, 0.25) is 0 Å². The summed E-state index contributed by atoms with van der Waals surface area (Å²) in [6.07, 6.45) is 3.52. The Bertz CT molecular complexity index is 1220. The summed E-state index contributed by atoms with van der Waals surface area (Å²) in [4.78, 5) is 43.2. The number of aryl methyl sites for hydroxylation is 1.